The molecule has 2 aromatic carbocycles. The summed E-state index contributed by atoms with van der Waals surface area (Å²) in [4.78, 5) is 23.8. The minimum atomic E-state index is -0.853. The van der Waals surface area contributed by atoms with E-state index in [1.54, 1.807) is 12.1 Å². The highest BCUT2D eigenvalue weighted by atomic mass is 16.2. The first-order chi connectivity index (χ1) is 13.9. The Morgan fingerprint density at radius 1 is 1.00 bits per heavy atom. The molecule has 3 rings (SSSR count). The third-order valence-corrected chi connectivity index (χ3v) is 5.56. The van der Waals surface area contributed by atoms with Crippen molar-refractivity contribution in [2.75, 3.05) is 0 Å². The van der Waals surface area contributed by atoms with Crippen LogP contribution < -0.4 is 16.8 Å². The Morgan fingerprint density at radius 3 is 2.07 bits per heavy atom. The fourth-order valence-corrected chi connectivity index (χ4v) is 3.74. The number of carbonyl (C=O) groups excluding carboxylic acids is 2. The van der Waals surface area contributed by atoms with Crippen LogP contribution in [0.25, 0.3) is 11.1 Å². The molecule has 1 atom stereocenters. The van der Waals surface area contributed by atoms with Crippen LogP contribution in [0, 0.1) is 11.3 Å². The zero-order valence-corrected chi connectivity index (χ0v) is 16.4. The van der Waals surface area contributed by atoms with Crippen LogP contribution in [-0.4, -0.2) is 23.4 Å². The van der Waals surface area contributed by atoms with Crippen LogP contribution >= 0.6 is 0 Å². The molecule has 1 aliphatic rings. The molecule has 0 bridgehead atoms. The van der Waals surface area contributed by atoms with E-state index in [0.29, 0.717) is 24.8 Å². The number of hydrogen-bond acceptors (Lipinski definition) is 4. The average Bonchev–Trinajstić information content (AvgIpc) is 2.74. The molecule has 1 aliphatic carbocycles. The lowest BCUT2D eigenvalue weighted by Gasteiger charge is -2.32. The molecule has 29 heavy (non-hydrogen) atoms. The Morgan fingerprint density at radius 2 is 1.55 bits per heavy atom. The Labute approximate surface area is 170 Å². The van der Waals surface area contributed by atoms with Crippen molar-refractivity contribution in [2.45, 2.75) is 50.1 Å². The molecule has 0 aliphatic heterocycles. The number of nitrogens with two attached hydrogens (primary N) is 2. The van der Waals surface area contributed by atoms with Crippen molar-refractivity contribution >= 4 is 11.8 Å². The number of rotatable bonds is 6. The van der Waals surface area contributed by atoms with E-state index in [0.717, 1.165) is 36.0 Å². The number of benzene rings is 2. The maximum Gasteiger partial charge on any atom is 0.248 e. The Balaban J connectivity index is 1.64. The van der Waals surface area contributed by atoms with Gasteiger partial charge in [-0.3, -0.25) is 9.59 Å². The van der Waals surface area contributed by atoms with E-state index in [-0.39, 0.29) is 5.91 Å². The van der Waals surface area contributed by atoms with Crippen molar-refractivity contribution in [2.24, 2.45) is 11.5 Å². The molecule has 2 amide bonds. The fourth-order valence-electron chi connectivity index (χ4n) is 3.74. The molecule has 6 heteroatoms. The number of nitriles is 1. The first-order valence-corrected chi connectivity index (χ1v) is 9.90. The van der Waals surface area contributed by atoms with Gasteiger partial charge in [0.15, 0.2) is 0 Å². The first kappa shape index (κ1) is 20.6. The van der Waals surface area contributed by atoms with E-state index < -0.39 is 17.5 Å². The van der Waals surface area contributed by atoms with Gasteiger partial charge in [-0.05, 0) is 41.7 Å². The second kappa shape index (κ2) is 8.89. The third-order valence-electron chi connectivity index (χ3n) is 5.56. The number of amides is 2. The highest BCUT2D eigenvalue weighted by molar-refractivity contribution is 5.93. The maximum absolute atomic E-state index is 12.6. The molecule has 1 unspecified atom stereocenters. The predicted molar refractivity (Wildman–Crippen MR) is 112 cm³/mol. The smallest absolute Gasteiger partial charge is 0.248 e. The summed E-state index contributed by atoms with van der Waals surface area (Å²) in [6.45, 7) is 0. The maximum atomic E-state index is 12.6. The molecule has 0 aromatic heterocycles. The molecular weight excluding hydrogens is 364 g/mol. The van der Waals surface area contributed by atoms with Gasteiger partial charge >= 0.3 is 0 Å². The molecule has 1 fully saturated rings. The van der Waals surface area contributed by atoms with Gasteiger partial charge in [0.1, 0.15) is 6.04 Å². The van der Waals surface area contributed by atoms with Crippen molar-refractivity contribution in [3.63, 3.8) is 0 Å². The zero-order chi connectivity index (χ0) is 20.9. The van der Waals surface area contributed by atoms with E-state index in [1.807, 2.05) is 36.4 Å². The quantitative estimate of drug-likeness (QED) is 0.702. The van der Waals surface area contributed by atoms with E-state index in [1.165, 1.54) is 0 Å². The molecule has 0 heterocycles. The van der Waals surface area contributed by atoms with Crippen molar-refractivity contribution in [3.05, 3.63) is 59.7 Å². The van der Waals surface area contributed by atoms with Gasteiger partial charge in [0, 0.05) is 12.0 Å². The van der Waals surface area contributed by atoms with Gasteiger partial charge in [0.05, 0.1) is 11.6 Å². The summed E-state index contributed by atoms with van der Waals surface area (Å²) < 4.78 is 0. The Bertz CT molecular complexity index is 907. The fraction of sp³-hybridized carbons (Fsp3) is 0.348. The van der Waals surface area contributed by atoms with Crippen molar-refractivity contribution < 1.29 is 9.59 Å². The minimum absolute atomic E-state index is 0.227. The van der Waals surface area contributed by atoms with Crippen LogP contribution in [0.2, 0.25) is 0 Å². The monoisotopic (exact) mass is 390 g/mol. The van der Waals surface area contributed by atoms with E-state index in [2.05, 4.69) is 11.4 Å². The summed E-state index contributed by atoms with van der Waals surface area (Å²) in [7, 11) is 0. The predicted octanol–water partition coefficient (Wildman–Crippen LogP) is 2.66. The number of nitrogens with one attached hydrogen (secondary N) is 1. The molecule has 2 aromatic rings. The minimum Gasteiger partial charge on any atom is -0.366 e. The summed E-state index contributed by atoms with van der Waals surface area (Å²) in [6, 6.07) is 16.4. The highest BCUT2D eigenvalue weighted by Gasteiger charge is 2.36. The van der Waals surface area contributed by atoms with Gasteiger partial charge in [0.25, 0.3) is 0 Å². The van der Waals surface area contributed by atoms with Crippen molar-refractivity contribution in [3.8, 4) is 17.2 Å². The normalized spacial score (nSPS) is 16.4. The highest BCUT2D eigenvalue weighted by Crippen LogP contribution is 2.26. The number of hydrogen-bond donors (Lipinski definition) is 3. The van der Waals surface area contributed by atoms with Crippen LogP contribution in [-0.2, 0) is 11.2 Å². The summed E-state index contributed by atoms with van der Waals surface area (Å²) in [5.41, 5.74) is 14.1. The number of nitrogens with zero attached hydrogens (tertiary/aromatic N) is 1. The standard InChI is InChI=1S/C23H26N4O2/c24-15-20(27-22(29)23(26)12-2-1-3-13-23)14-16-4-6-17(7-5-16)18-8-10-19(11-9-18)21(25)28/h4-11,20H,1-3,12-14,26H2,(H2,25,28)(H,27,29). The van der Waals surface area contributed by atoms with Gasteiger partial charge in [-0.2, -0.15) is 5.26 Å². The van der Waals surface area contributed by atoms with Gasteiger partial charge in [0.2, 0.25) is 11.8 Å². The lowest BCUT2D eigenvalue weighted by atomic mass is 9.81. The lowest BCUT2D eigenvalue weighted by molar-refractivity contribution is -0.127. The van der Waals surface area contributed by atoms with Crippen molar-refractivity contribution in [1.29, 1.82) is 5.26 Å². The van der Waals surface area contributed by atoms with Gasteiger partial charge in [-0.1, -0.05) is 55.7 Å². The summed E-state index contributed by atoms with van der Waals surface area (Å²) in [5.74, 6) is -0.682. The first-order valence-electron chi connectivity index (χ1n) is 9.90. The zero-order valence-electron chi connectivity index (χ0n) is 16.4. The summed E-state index contributed by atoms with van der Waals surface area (Å²) in [6.07, 6.45) is 4.75. The van der Waals surface area contributed by atoms with Crippen LogP contribution in [0.4, 0.5) is 0 Å². The van der Waals surface area contributed by atoms with E-state index >= 15 is 0 Å². The van der Waals surface area contributed by atoms with E-state index in [4.69, 9.17) is 11.5 Å². The molecule has 6 nitrogen and oxygen atoms in total. The number of primary amides is 1. The average molecular weight is 390 g/mol. The van der Waals surface area contributed by atoms with Crippen LogP contribution in [0.5, 0.6) is 0 Å². The molecule has 0 saturated heterocycles. The Hall–Kier alpha value is -3.17. The molecule has 0 radical (unpaired) electrons. The van der Waals surface area contributed by atoms with E-state index in [9.17, 15) is 14.9 Å². The van der Waals surface area contributed by atoms with Gasteiger partial charge in [-0.25, -0.2) is 0 Å². The van der Waals surface area contributed by atoms with Gasteiger partial charge < -0.3 is 16.8 Å². The topological polar surface area (TPSA) is 122 Å². The summed E-state index contributed by atoms with van der Waals surface area (Å²) in [5, 5.41) is 12.3. The Kier molecular flexibility index (Phi) is 6.30. The molecule has 150 valence electrons. The van der Waals surface area contributed by atoms with Crippen LogP contribution in [0.1, 0.15) is 48.0 Å². The molecule has 5 N–H and O–H groups in total. The lowest BCUT2D eigenvalue weighted by Crippen LogP contribution is -2.57. The second-order valence-electron chi connectivity index (χ2n) is 7.71. The second-order valence-corrected chi connectivity index (χ2v) is 7.71. The molecule has 0 spiro atoms. The number of carbonyl (C=O) groups is 2. The van der Waals surface area contributed by atoms with Crippen LogP contribution in [0.15, 0.2) is 48.5 Å². The van der Waals surface area contributed by atoms with Crippen LogP contribution in [0.3, 0.4) is 0 Å². The summed E-state index contributed by atoms with van der Waals surface area (Å²) >= 11 is 0. The largest absolute Gasteiger partial charge is 0.366 e. The van der Waals surface area contributed by atoms with Gasteiger partial charge in [-0.15, -0.1) is 0 Å². The van der Waals surface area contributed by atoms with Crippen molar-refractivity contribution in [1.82, 2.24) is 5.32 Å². The third kappa shape index (κ3) is 5.01. The molecular formula is C23H26N4O2. The SMILES string of the molecule is N#CC(Cc1ccc(-c2ccc(C(N)=O)cc2)cc1)NC(=O)C1(N)CCCCC1. The molecule has 1 saturated carbocycles.